The predicted octanol–water partition coefficient (Wildman–Crippen LogP) is 3.70. The second kappa shape index (κ2) is 10.4. The van der Waals surface area contributed by atoms with Crippen LogP contribution in [0.3, 0.4) is 0 Å². The first-order valence-corrected chi connectivity index (χ1v) is 10.6. The molecule has 1 N–H and O–H groups in total. The van der Waals surface area contributed by atoms with Crippen LogP contribution in [0, 0.1) is 27.2 Å². The minimum absolute atomic E-state index is 0.124. The van der Waals surface area contributed by atoms with Gasteiger partial charge in [0, 0.05) is 6.07 Å². The first-order chi connectivity index (χ1) is 15.3. The molecule has 164 valence electrons. The number of benzene rings is 2. The monoisotopic (exact) mass is 474 g/mol. The van der Waals surface area contributed by atoms with Gasteiger partial charge in [0.1, 0.15) is 10.8 Å². The molecule has 3 rings (SSSR count). The number of carbonyl (C=O) groups is 1. The lowest BCUT2D eigenvalue weighted by Crippen LogP contribution is -2.19. The van der Waals surface area contributed by atoms with Crippen LogP contribution in [0.4, 0.5) is 11.4 Å². The normalized spacial score (nSPS) is 10.8. The lowest BCUT2D eigenvalue weighted by Gasteiger charge is -2.07. The van der Waals surface area contributed by atoms with Crippen molar-refractivity contribution in [2.24, 2.45) is 5.10 Å². The molecule has 0 aliphatic carbocycles. The van der Waals surface area contributed by atoms with Gasteiger partial charge < -0.3 is 4.74 Å². The van der Waals surface area contributed by atoms with Crippen molar-refractivity contribution in [1.29, 1.82) is 0 Å². The van der Waals surface area contributed by atoms with E-state index in [1.54, 1.807) is 24.3 Å². The topological polar surface area (TPSA) is 163 Å². The van der Waals surface area contributed by atoms with Gasteiger partial charge in [-0.15, -0.1) is 10.2 Å². The third-order valence-electron chi connectivity index (χ3n) is 3.67. The Morgan fingerprint density at radius 1 is 1.22 bits per heavy atom. The van der Waals surface area contributed by atoms with Crippen LogP contribution >= 0.6 is 23.1 Å². The minimum atomic E-state index is -0.760. The van der Waals surface area contributed by atoms with Crippen molar-refractivity contribution in [2.45, 2.75) is 11.3 Å². The van der Waals surface area contributed by atoms with E-state index >= 15 is 0 Å². The van der Waals surface area contributed by atoms with E-state index in [4.69, 9.17) is 4.74 Å². The van der Waals surface area contributed by atoms with E-state index in [9.17, 15) is 25.0 Å². The Labute approximate surface area is 188 Å². The molecule has 1 amide bonds. The van der Waals surface area contributed by atoms with E-state index in [1.807, 2.05) is 6.92 Å². The summed E-state index contributed by atoms with van der Waals surface area (Å²) in [5.41, 5.74) is 2.00. The summed E-state index contributed by atoms with van der Waals surface area (Å²) >= 11 is 2.64. The van der Waals surface area contributed by atoms with Crippen LogP contribution in [-0.2, 0) is 4.79 Å². The fourth-order valence-electron chi connectivity index (χ4n) is 2.31. The lowest BCUT2D eigenvalue weighted by molar-refractivity contribution is -0.394. The van der Waals surface area contributed by atoms with Crippen LogP contribution < -0.4 is 10.2 Å². The highest BCUT2D eigenvalue weighted by Gasteiger charge is 2.21. The predicted molar refractivity (Wildman–Crippen MR) is 117 cm³/mol. The van der Waals surface area contributed by atoms with Gasteiger partial charge in [-0.3, -0.25) is 25.0 Å². The van der Waals surface area contributed by atoms with Crippen LogP contribution in [-0.4, -0.2) is 37.9 Å². The zero-order chi connectivity index (χ0) is 23.1. The number of amides is 1. The number of ether oxygens (including phenoxy) is 1. The number of carbonyl (C=O) groups excluding carboxylic acids is 1. The molecule has 0 bridgehead atoms. The molecule has 14 heteroatoms. The molecule has 0 unspecified atom stereocenters. The van der Waals surface area contributed by atoms with Crippen molar-refractivity contribution in [1.82, 2.24) is 15.6 Å². The van der Waals surface area contributed by atoms with Gasteiger partial charge in [0.2, 0.25) is 5.75 Å². The number of non-ortho nitro benzene ring substituents is 1. The number of nitro groups is 2. The highest BCUT2D eigenvalue weighted by molar-refractivity contribution is 8.01. The van der Waals surface area contributed by atoms with Gasteiger partial charge in [-0.2, -0.15) is 5.10 Å². The van der Waals surface area contributed by atoms with E-state index < -0.39 is 21.2 Å². The summed E-state index contributed by atoms with van der Waals surface area (Å²) in [5.74, 6) is -0.0989. The van der Waals surface area contributed by atoms with E-state index in [0.29, 0.717) is 9.90 Å². The van der Waals surface area contributed by atoms with Crippen molar-refractivity contribution in [2.75, 3.05) is 5.75 Å². The molecule has 1 aromatic heterocycles. The third-order valence-corrected chi connectivity index (χ3v) is 5.65. The molecule has 0 fully saturated rings. The molecule has 0 saturated carbocycles. The van der Waals surface area contributed by atoms with E-state index in [2.05, 4.69) is 20.7 Å². The Kier molecular flexibility index (Phi) is 7.41. The molecule has 0 atom stereocenters. The first kappa shape index (κ1) is 22.8. The van der Waals surface area contributed by atoms with Crippen molar-refractivity contribution >= 4 is 46.6 Å². The highest BCUT2D eigenvalue weighted by Crippen LogP contribution is 2.34. The van der Waals surface area contributed by atoms with E-state index in [0.717, 1.165) is 23.2 Å². The van der Waals surface area contributed by atoms with Crippen molar-refractivity contribution in [3.8, 4) is 11.5 Å². The maximum Gasteiger partial charge on any atom is 0.318 e. The van der Waals surface area contributed by atoms with Crippen LogP contribution in [0.15, 0.2) is 51.9 Å². The Balaban J connectivity index is 1.62. The summed E-state index contributed by atoms with van der Waals surface area (Å²) < 4.78 is 6.22. The lowest BCUT2D eigenvalue weighted by atomic mass is 10.2. The summed E-state index contributed by atoms with van der Waals surface area (Å²) in [6, 6.07) is 9.52. The summed E-state index contributed by atoms with van der Waals surface area (Å²) in [6.07, 6.45) is 1.38. The number of hydrazone groups is 1. The smallest absolute Gasteiger partial charge is 0.318 e. The van der Waals surface area contributed by atoms with Crippen LogP contribution in [0.2, 0.25) is 0 Å². The third kappa shape index (κ3) is 6.29. The van der Waals surface area contributed by atoms with Gasteiger partial charge in [0.15, 0.2) is 4.34 Å². The second-order valence-corrected chi connectivity index (χ2v) is 8.41. The number of thioether (sulfide) groups is 1. The summed E-state index contributed by atoms with van der Waals surface area (Å²) in [5, 5.41) is 34.6. The molecule has 1 heterocycles. The van der Waals surface area contributed by atoms with Crippen LogP contribution in [0.1, 0.15) is 10.6 Å². The average molecular weight is 474 g/mol. The summed E-state index contributed by atoms with van der Waals surface area (Å²) in [6.45, 7) is 1.82. The van der Waals surface area contributed by atoms with E-state index in [1.165, 1.54) is 29.3 Å². The Morgan fingerprint density at radius 2 is 2.03 bits per heavy atom. The zero-order valence-electron chi connectivity index (χ0n) is 16.3. The van der Waals surface area contributed by atoms with Gasteiger partial charge in [0.25, 0.3) is 11.6 Å². The molecule has 0 saturated heterocycles. The molecular weight excluding hydrogens is 460 g/mol. The van der Waals surface area contributed by atoms with Crippen molar-refractivity contribution in [3.05, 3.63) is 73.3 Å². The Hall–Kier alpha value is -3.91. The standard InChI is InChI=1S/C18H14N6O6S2/c1-11-20-22-18(32-11)31-10-17(25)21-19-9-12-3-2-4-14(7-12)30-16-6-5-13(23(26)27)8-15(16)24(28)29/h2-9H,10H2,1H3,(H,21,25)/b19-9+. The maximum absolute atomic E-state index is 11.9. The van der Waals surface area contributed by atoms with Gasteiger partial charge in [-0.05, 0) is 30.7 Å². The molecule has 32 heavy (non-hydrogen) atoms. The van der Waals surface area contributed by atoms with Crippen LogP contribution in [0.25, 0.3) is 0 Å². The largest absolute Gasteiger partial charge is 0.450 e. The van der Waals surface area contributed by atoms with Crippen molar-refractivity contribution < 1.29 is 19.4 Å². The van der Waals surface area contributed by atoms with Gasteiger partial charge in [-0.25, -0.2) is 5.43 Å². The number of hydrogen-bond acceptors (Lipinski definition) is 11. The number of nitrogens with one attached hydrogen (secondary N) is 1. The summed E-state index contributed by atoms with van der Waals surface area (Å²) in [4.78, 5) is 32.5. The molecule has 0 radical (unpaired) electrons. The SMILES string of the molecule is Cc1nnc(SCC(=O)N/N=C/c2cccc(Oc3ccc([N+](=O)[O-])cc3[N+](=O)[O-])c2)s1. The molecule has 3 aromatic rings. The fraction of sp³-hybridized carbons (Fsp3) is 0.111. The van der Waals surface area contributed by atoms with Crippen molar-refractivity contribution in [3.63, 3.8) is 0 Å². The first-order valence-electron chi connectivity index (χ1n) is 8.77. The van der Waals surface area contributed by atoms with Gasteiger partial charge >= 0.3 is 5.69 Å². The zero-order valence-corrected chi connectivity index (χ0v) is 18.0. The number of hydrogen-bond donors (Lipinski definition) is 1. The number of nitro benzene ring substituents is 2. The highest BCUT2D eigenvalue weighted by atomic mass is 32.2. The van der Waals surface area contributed by atoms with Gasteiger partial charge in [-0.1, -0.05) is 35.2 Å². The van der Waals surface area contributed by atoms with Crippen LogP contribution in [0.5, 0.6) is 11.5 Å². The quantitative estimate of drug-likeness (QED) is 0.211. The Morgan fingerprint density at radius 3 is 2.72 bits per heavy atom. The summed E-state index contributed by atoms with van der Waals surface area (Å²) in [7, 11) is 0. The fourth-order valence-corrected chi connectivity index (χ4v) is 3.92. The second-order valence-electron chi connectivity index (χ2n) is 6.01. The molecule has 12 nitrogen and oxygen atoms in total. The average Bonchev–Trinajstić information content (AvgIpc) is 3.17. The number of aryl methyl sites for hydroxylation is 1. The number of rotatable bonds is 9. The van der Waals surface area contributed by atoms with E-state index in [-0.39, 0.29) is 23.2 Å². The molecule has 0 aliphatic rings. The van der Waals surface area contributed by atoms with Gasteiger partial charge in [0.05, 0.1) is 27.9 Å². The Bertz CT molecular complexity index is 1200. The molecular formula is C18H14N6O6S2. The molecule has 0 spiro atoms. The number of aromatic nitrogens is 2. The maximum atomic E-state index is 11.9. The molecule has 0 aliphatic heterocycles. The minimum Gasteiger partial charge on any atom is -0.450 e. The number of nitrogens with zero attached hydrogens (tertiary/aromatic N) is 5. The molecule has 2 aromatic carbocycles.